The molecule has 0 saturated carbocycles. The molecule has 4 rings (SSSR count). The van der Waals surface area contributed by atoms with Crippen LogP contribution >= 0.6 is 0 Å². The summed E-state index contributed by atoms with van der Waals surface area (Å²) in [5.74, 6) is 0. The predicted molar refractivity (Wildman–Crippen MR) is 94.9 cm³/mol. The summed E-state index contributed by atoms with van der Waals surface area (Å²) in [6.07, 6.45) is 10.8. The van der Waals surface area contributed by atoms with Gasteiger partial charge in [0.05, 0.1) is 24.9 Å². The van der Waals surface area contributed by atoms with Gasteiger partial charge < -0.3 is 9.47 Å². The Morgan fingerprint density at radius 2 is 1.92 bits per heavy atom. The van der Waals surface area contributed by atoms with Crippen LogP contribution in [0.1, 0.15) is 30.4 Å². The van der Waals surface area contributed by atoms with Crippen LogP contribution in [0.4, 0.5) is 0 Å². The van der Waals surface area contributed by atoms with E-state index in [9.17, 15) is 0 Å². The van der Waals surface area contributed by atoms with E-state index in [0.717, 1.165) is 44.5 Å². The highest BCUT2D eigenvalue weighted by molar-refractivity contribution is 5.10. The molecule has 4 heterocycles. The summed E-state index contributed by atoms with van der Waals surface area (Å²) < 4.78 is 12.3. The SMILES string of the molecule is c1cncc(CO[C@H]2COC3(CCN(Cc4ccncc4)CC3)C2)c1. The maximum absolute atomic E-state index is 6.20. The molecule has 25 heavy (non-hydrogen) atoms. The van der Waals surface area contributed by atoms with E-state index in [1.807, 2.05) is 24.7 Å². The summed E-state index contributed by atoms with van der Waals surface area (Å²) in [7, 11) is 0. The highest BCUT2D eigenvalue weighted by atomic mass is 16.6. The summed E-state index contributed by atoms with van der Waals surface area (Å²) in [4.78, 5) is 10.7. The Hall–Kier alpha value is -1.82. The van der Waals surface area contributed by atoms with E-state index in [0.29, 0.717) is 13.2 Å². The van der Waals surface area contributed by atoms with Crippen molar-refractivity contribution in [2.45, 2.75) is 44.1 Å². The average Bonchev–Trinajstić information content (AvgIpc) is 3.07. The lowest BCUT2D eigenvalue weighted by Gasteiger charge is -2.38. The summed E-state index contributed by atoms with van der Waals surface area (Å²) in [6, 6.07) is 8.19. The van der Waals surface area contributed by atoms with Crippen molar-refractivity contribution in [3.63, 3.8) is 0 Å². The molecule has 0 N–H and O–H groups in total. The lowest BCUT2D eigenvalue weighted by Crippen LogP contribution is -2.43. The molecule has 1 spiro atoms. The van der Waals surface area contributed by atoms with Crippen LogP contribution in [-0.4, -0.2) is 46.3 Å². The van der Waals surface area contributed by atoms with Gasteiger partial charge in [-0.25, -0.2) is 0 Å². The topological polar surface area (TPSA) is 47.5 Å². The van der Waals surface area contributed by atoms with Gasteiger partial charge in [0.1, 0.15) is 0 Å². The third-order valence-electron chi connectivity index (χ3n) is 5.31. The zero-order valence-corrected chi connectivity index (χ0v) is 14.5. The molecule has 2 aliphatic rings. The molecule has 2 aromatic heterocycles. The van der Waals surface area contributed by atoms with Gasteiger partial charge in [-0.05, 0) is 42.2 Å². The fourth-order valence-electron chi connectivity index (χ4n) is 3.82. The number of likely N-dealkylation sites (tertiary alicyclic amines) is 1. The maximum atomic E-state index is 6.20. The van der Waals surface area contributed by atoms with Crippen molar-refractivity contribution < 1.29 is 9.47 Å². The third kappa shape index (κ3) is 4.24. The molecule has 0 radical (unpaired) electrons. The van der Waals surface area contributed by atoms with Crippen LogP contribution in [0.5, 0.6) is 0 Å². The quantitative estimate of drug-likeness (QED) is 0.838. The van der Waals surface area contributed by atoms with Crippen molar-refractivity contribution in [3.05, 3.63) is 60.2 Å². The van der Waals surface area contributed by atoms with Gasteiger partial charge in [-0.3, -0.25) is 14.9 Å². The number of nitrogens with zero attached hydrogens (tertiary/aromatic N) is 3. The highest BCUT2D eigenvalue weighted by Crippen LogP contribution is 2.37. The van der Waals surface area contributed by atoms with Crippen LogP contribution in [0, 0.1) is 0 Å². The Labute approximate surface area is 149 Å². The van der Waals surface area contributed by atoms with E-state index in [2.05, 4.69) is 33.1 Å². The smallest absolute Gasteiger partial charge is 0.0840 e. The van der Waals surface area contributed by atoms with Crippen LogP contribution in [0.2, 0.25) is 0 Å². The van der Waals surface area contributed by atoms with E-state index < -0.39 is 0 Å². The average molecular weight is 339 g/mol. The van der Waals surface area contributed by atoms with Gasteiger partial charge in [0.25, 0.3) is 0 Å². The minimum absolute atomic E-state index is 0.0222. The molecule has 2 fully saturated rings. The molecule has 1 atom stereocenters. The van der Waals surface area contributed by atoms with Crippen LogP contribution in [0.15, 0.2) is 49.1 Å². The minimum atomic E-state index is 0.0222. The van der Waals surface area contributed by atoms with Crippen LogP contribution < -0.4 is 0 Å². The summed E-state index contributed by atoms with van der Waals surface area (Å²) in [6.45, 7) is 4.49. The zero-order chi connectivity index (χ0) is 17.0. The van der Waals surface area contributed by atoms with Crippen molar-refractivity contribution in [2.75, 3.05) is 19.7 Å². The maximum Gasteiger partial charge on any atom is 0.0840 e. The molecule has 0 bridgehead atoms. The summed E-state index contributed by atoms with van der Waals surface area (Å²) in [5, 5.41) is 0. The van der Waals surface area contributed by atoms with E-state index in [-0.39, 0.29) is 11.7 Å². The van der Waals surface area contributed by atoms with Gasteiger partial charge in [-0.15, -0.1) is 0 Å². The Morgan fingerprint density at radius 1 is 1.08 bits per heavy atom. The van der Waals surface area contributed by atoms with Crippen molar-refractivity contribution in [1.29, 1.82) is 0 Å². The number of pyridine rings is 2. The van der Waals surface area contributed by atoms with Gasteiger partial charge >= 0.3 is 0 Å². The van der Waals surface area contributed by atoms with E-state index in [1.54, 1.807) is 6.20 Å². The van der Waals surface area contributed by atoms with Crippen molar-refractivity contribution in [2.24, 2.45) is 0 Å². The normalized spacial score (nSPS) is 23.1. The molecule has 5 heteroatoms. The molecule has 0 amide bonds. The summed E-state index contributed by atoms with van der Waals surface area (Å²) in [5.41, 5.74) is 2.47. The highest BCUT2D eigenvalue weighted by Gasteiger charge is 2.43. The molecule has 0 aromatic carbocycles. The summed E-state index contributed by atoms with van der Waals surface area (Å²) >= 11 is 0. The van der Waals surface area contributed by atoms with Gasteiger partial charge in [-0.1, -0.05) is 6.07 Å². The number of piperidine rings is 1. The van der Waals surface area contributed by atoms with Gasteiger partial charge in [0.15, 0.2) is 0 Å². The number of hydrogen-bond donors (Lipinski definition) is 0. The molecule has 0 unspecified atom stereocenters. The Bertz CT molecular complexity index is 657. The molecule has 2 aromatic rings. The first kappa shape index (κ1) is 16.6. The zero-order valence-electron chi connectivity index (χ0n) is 14.5. The first-order valence-electron chi connectivity index (χ1n) is 9.07. The Kier molecular flexibility index (Phi) is 5.06. The molecular formula is C20H25N3O2. The van der Waals surface area contributed by atoms with Crippen LogP contribution in [-0.2, 0) is 22.6 Å². The molecule has 5 nitrogen and oxygen atoms in total. The standard InChI is InChI=1S/C20H25N3O2/c1-2-18(13-22-7-1)15-24-19-12-20(25-16-19)5-10-23(11-6-20)14-17-3-8-21-9-4-17/h1-4,7-9,13,19H,5-6,10-12,14-16H2/t19-/m1/s1. The molecular weight excluding hydrogens is 314 g/mol. The minimum Gasteiger partial charge on any atom is -0.372 e. The third-order valence-corrected chi connectivity index (χ3v) is 5.31. The first-order chi connectivity index (χ1) is 12.3. The second-order valence-electron chi connectivity index (χ2n) is 7.12. The molecule has 2 aliphatic heterocycles. The Morgan fingerprint density at radius 3 is 2.68 bits per heavy atom. The second-order valence-corrected chi connectivity index (χ2v) is 7.12. The molecule has 0 aliphatic carbocycles. The van der Waals surface area contributed by atoms with Crippen LogP contribution in [0.25, 0.3) is 0 Å². The monoisotopic (exact) mass is 339 g/mol. The van der Waals surface area contributed by atoms with Crippen molar-refractivity contribution in [3.8, 4) is 0 Å². The van der Waals surface area contributed by atoms with Gasteiger partial charge in [0, 0.05) is 50.8 Å². The van der Waals surface area contributed by atoms with Gasteiger partial charge in [0.2, 0.25) is 0 Å². The largest absolute Gasteiger partial charge is 0.372 e. The predicted octanol–water partition coefficient (Wildman–Crippen LogP) is 2.82. The van der Waals surface area contributed by atoms with Crippen LogP contribution in [0.3, 0.4) is 0 Å². The molecule has 2 saturated heterocycles. The number of rotatable bonds is 5. The lowest BCUT2D eigenvalue weighted by atomic mass is 9.88. The number of aromatic nitrogens is 2. The second kappa shape index (κ2) is 7.60. The first-order valence-corrected chi connectivity index (χ1v) is 9.07. The van der Waals surface area contributed by atoms with E-state index in [1.165, 1.54) is 5.56 Å². The fourth-order valence-corrected chi connectivity index (χ4v) is 3.82. The number of ether oxygens (including phenoxy) is 2. The van der Waals surface area contributed by atoms with Crippen molar-refractivity contribution in [1.82, 2.24) is 14.9 Å². The lowest BCUT2D eigenvalue weighted by molar-refractivity contribution is -0.0468. The molecule has 132 valence electrons. The fraction of sp³-hybridized carbons (Fsp3) is 0.500. The van der Waals surface area contributed by atoms with E-state index in [4.69, 9.17) is 9.47 Å². The van der Waals surface area contributed by atoms with E-state index >= 15 is 0 Å². The number of hydrogen-bond acceptors (Lipinski definition) is 5. The van der Waals surface area contributed by atoms with Crippen molar-refractivity contribution >= 4 is 0 Å². The Balaban J connectivity index is 1.24. The van der Waals surface area contributed by atoms with Gasteiger partial charge in [-0.2, -0.15) is 0 Å².